The van der Waals surface area contributed by atoms with Gasteiger partial charge in [0, 0.05) is 7.05 Å². The average Bonchev–Trinajstić information content (AvgIpc) is 3.14. The van der Waals surface area contributed by atoms with E-state index in [9.17, 15) is 9.59 Å². The normalized spacial score (nSPS) is 15.2. The summed E-state index contributed by atoms with van der Waals surface area (Å²) in [4.78, 5) is 24.6. The van der Waals surface area contributed by atoms with E-state index >= 15 is 0 Å². The van der Waals surface area contributed by atoms with E-state index in [1.54, 1.807) is 6.07 Å². The van der Waals surface area contributed by atoms with Crippen molar-refractivity contribution in [3.05, 3.63) is 76.4 Å². The van der Waals surface area contributed by atoms with Crippen LogP contribution in [0.2, 0.25) is 0 Å². The van der Waals surface area contributed by atoms with Gasteiger partial charge in [0.1, 0.15) is 0 Å². The molecule has 2 aromatic rings. The summed E-state index contributed by atoms with van der Waals surface area (Å²) in [6.45, 7) is 17.1. The third kappa shape index (κ3) is 4.81. The zero-order valence-electron chi connectivity index (χ0n) is 19.3. The van der Waals surface area contributed by atoms with Crippen LogP contribution < -0.4 is 0 Å². The number of carbonyl (C=O) groups excluding carboxylic acids is 2. The number of amides is 2. The Bertz CT molecular complexity index is 1030. The second-order valence-electron chi connectivity index (χ2n) is 10.4. The highest BCUT2D eigenvalue weighted by molar-refractivity contribution is 6.21. The largest absolute Gasteiger partial charge is 0.277 e. The van der Waals surface area contributed by atoms with Gasteiger partial charge in [-0.2, -0.15) is 0 Å². The molecule has 0 N–H and O–H groups in total. The standard InChI is InChI=1S/C14H18.C13H15NO2.CH4/c1-10-5-6-11-9-12(14(2,3)4)7-8-13(10)11;1-13(2,3)8-5-6-9-10(7-8)12(16)14(4)11(9)15;/h7-9H,1,5-6H2,2-4H3;5-7H,1-4H3;1H4. The highest BCUT2D eigenvalue weighted by Gasteiger charge is 2.33. The molecule has 2 amide bonds. The summed E-state index contributed by atoms with van der Waals surface area (Å²) in [5, 5.41) is 0. The Kier molecular flexibility index (Phi) is 6.70. The number of aryl methyl sites for hydroxylation is 1. The summed E-state index contributed by atoms with van der Waals surface area (Å²) in [5.74, 6) is -0.411. The number of allylic oxidation sites excluding steroid dienone is 1. The Morgan fingerprint density at radius 2 is 1.23 bits per heavy atom. The van der Waals surface area contributed by atoms with E-state index < -0.39 is 0 Å². The molecule has 3 heteroatoms. The summed E-state index contributed by atoms with van der Waals surface area (Å²) < 4.78 is 0. The maximum Gasteiger partial charge on any atom is 0.261 e. The molecule has 0 spiro atoms. The minimum atomic E-state index is -0.208. The van der Waals surface area contributed by atoms with Gasteiger partial charge in [-0.05, 0) is 63.6 Å². The zero-order chi connectivity index (χ0) is 22.4. The Labute approximate surface area is 188 Å². The summed E-state index contributed by atoms with van der Waals surface area (Å²) in [7, 11) is 1.52. The molecule has 3 nitrogen and oxygen atoms in total. The SMILES string of the molecule is C.C=C1CCc2cc(C(C)(C)C)ccc21.CN1C(=O)c2ccc(C(C)(C)C)cc2C1=O. The van der Waals surface area contributed by atoms with Crippen molar-refractivity contribution in [1.82, 2.24) is 4.90 Å². The van der Waals surface area contributed by atoms with E-state index in [0.717, 1.165) is 16.9 Å². The van der Waals surface area contributed by atoms with Crippen LogP contribution in [-0.2, 0) is 17.3 Å². The first-order valence-corrected chi connectivity index (χ1v) is 10.6. The minimum absolute atomic E-state index is 0. The molecule has 0 radical (unpaired) electrons. The number of rotatable bonds is 0. The number of hydrogen-bond acceptors (Lipinski definition) is 2. The van der Waals surface area contributed by atoms with Crippen molar-refractivity contribution >= 4 is 17.4 Å². The van der Waals surface area contributed by atoms with Gasteiger partial charge in [0.15, 0.2) is 0 Å². The summed E-state index contributed by atoms with van der Waals surface area (Å²) in [5.41, 5.74) is 7.98. The second-order valence-corrected chi connectivity index (χ2v) is 10.4. The third-order valence-corrected chi connectivity index (χ3v) is 6.00. The molecular weight excluding hydrogens is 382 g/mol. The fourth-order valence-electron chi connectivity index (χ4n) is 3.86. The van der Waals surface area contributed by atoms with Crippen LogP contribution in [0.5, 0.6) is 0 Å². The maximum atomic E-state index is 11.8. The quantitative estimate of drug-likeness (QED) is 0.441. The van der Waals surface area contributed by atoms with Gasteiger partial charge >= 0.3 is 0 Å². The molecule has 1 aliphatic heterocycles. The lowest BCUT2D eigenvalue weighted by Crippen LogP contribution is -2.24. The Morgan fingerprint density at radius 3 is 1.77 bits per heavy atom. The number of carbonyl (C=O) groups is 2. The lowest BCUT2D eigenvalue weighted by atomic mass is 9.85. The number of fused-ring (bicyclic) bond motifs is 2. The van der Waals surface area contributed by atoms with Gasteiger partial charge < -0.3 is 0 Å². The highest BCUT2D eigenvalue weighted by atomic mass is 16.2. The van der Waals surface area contributed by atoms with Crippen molar-refractivity contribution in [2.75, 3.05) is 7.05 Å². The number of hydrogen-bond donors (Lipinski definition) is 0. The van der Waals surface area contributed by atoms with Crippen LogP contribution >= 0.6 is 0 Å². The summed E-state index contributed by atoms with van der Waals surface area (Å²) >= 11 is 0. The number of nitrogens with zero attached hydrogens (tertiary/aromatic N) is 1. The Morgan fingerprint density at radius 1 is 0.742 bits per heavy atom. The molecule has 0 saturated carbocycles. The molecule has 0 saturated heterocycles. The van der Waals surface area contributed by atoms with Crippen LogP contribution in [0.25, 0.3) is 5.57 Å². The Hall–Kier alpha value is -2.68. The van der Waals surface area contributed by atoms with E-state index in [-0.39, 0.29) is 30.1 Å². The monoisotopic (exact) mass is 419 g/mol. The molecule has 31 heavy (non-hydrogen) atoms. The number of benzene rings is 2. The maximum absolute atomic E-state index is 11.8. The molecule has 0 atom stereocenters. The molecule has 1 heterocycles. The third-order valence-electron chi connectivity index (χ3n) is 6.00. The molecular formula is C28H37NO2. The van der Waals surface area contributed by atoms with E-state index in [0.29, 0.717) is 11.1 Å². The lowest BCUT2D eigenvalue weighted by Gasteiger charge is -2.20. The van der Waals surface area contributed by atoms with Crippen molar-refractivity contribution < 1.29 is 9.59 Å². The van der Waals surface area contributed by atoms with Crippen LogP contribution in [0.3, 0.4) is 0 Å². The minimum Gasteiger partial charge on any atom is -0.277 e. The highest BCUT2D eigenvalue weighted by Crippen LogP contribution is 2.34. The van der Waals surface area contributed by atoms with Gasteiger partial charge in [0.25, 0.3) is 11.8 Å². The predicted octanol–water partition coefficient (Wildman–Crippen LogP) is 6.79. The van der Waals surface area contributed by atoms with Gasteiger partial charge in [-0.15, -0.1) is 0 Å². The van der Waals surface area contributed by atoms with Gasteiger partial charge in [-0.25, -0.2) is 0 Å². The molecule has 166 valence electrons. The van der Waals surface area contributed by atoms with Crippen LogP contribution in [0.15, 0.2) is 43.0 Å². The average molecular weight is 420 g/mol. The number of imide groups is 1. The van der Waals surface area contributed by atoms with Crippen LogP contribution in [0.1, 0.15) is 98.4 Å². The molecule has 0 fully saturated rings. The van der Waals surface area contributed by atoms with E-state index in [1.165, 1.54) is 35.7 Å². The molecule has 2 aromatic carbocycles. The first-order chi connectivity index (χ1) is 13.8. The molecule has 0 unspecified atom stereocenters. The van der Waals surface area contributed by atoms with Crippen molar-refractivity contribution in [1.29, 1.82) is 0 Å². The fourth-order valence-corrected chi connectivity index (χ4v) is 3.86. The van der Waals surface area contributed by atoms with Crippen molar-refractivity contribution in [3.8, 4) is 0 Å². The van der Waals surface area contributed by atoms with E-state index in [2.05, 4.69) is 66.3 Å². The van der Waals surface area contributed by atoms with Gasteiger partial charge in [-0.1, -0.05) is 79.8 Å². The lowest BCUT2D eigenvalue weighted by molar-refractivity contribution is 0.0693. The van der Waals surface area contributed by atoms with Gasteiger partial charge in [0.05, 0.1) is 11.1 Å². The summed E-state index contributed by atoms with van der Waals surface area (Å²) in [6, 6.07) is 12.3. The van der Waals surface area contributed by atoms with E-state index in [4.69, 9.17) is 0 Å². The molecule has 0 bridgehead atoms. The van der Waals surface area contributed by atoms with Crippen molar-refractivity contribution in [2.24, 2.45) is 0 Å². The zero-order valence-corrected chi connectivity index (χ0v) is 19.3. The van der Waals surface area contributed by atoms with Crippen LogP contribution in [0, 0.1) is 0 Å². The van der Waals surface area contributed by atoms with Crippen molar-refractivity contribution in [2.45, 2.75) is 72.6 Å². The van der Waals surface area contributed by atoms with Crippen LogP contribution in [-0.4, -0.2) is 23.8 Å². The molecule has 1 aliphatic carbocycles. The first kappa shape index (κ1) is 24.6. The first-order valence-electron chi connectivity index (χ1n) is 10.6. The van der Waals surface area contributed by atoms with Crippen LogP contribution in [0.4, 0.5) is 0 Å². The topological polar surface area (TPSA) is 37.4 Å². The van der Waals surface area contributed by atoms with Crippen molar-refractivity contribution in [3.63, 3.8) is 0 Å². The second kappa shape index (κ2) is 8.45. The molecule has 0 aromatic heterocycles. The van der Waals surface area contributed by atoms with Gasteiger partial charge in [0.2, 0.25) is 0 Å². The smallest absolute Gasteiger partial charge is 0.261 e. The van der Waals surface area contributed by atoms with Gasteiger partial charge in [-0.3, -0.25) is 14.5 Å². The molecule has 2 aliphatic rings. The predicted molar refractivity (Wildman–Crippen MR) is 131 cm³/mol. The van der Waals surface area contributed by atoms with E-state index in [1.807, 2.05) is 12.1 Å². The molecule has 4 rings (SSSR count). The summed E-state index contributed by atoms with van der Waals surface area (Å²) in [6.07, 6.45) is 2.32. The fraction of sp³-hybridized carbons (Fsp3) is 0.429. The Balaban J connectivity index is 0.000000215.